The molecule has 10 nitrogen and oxygen atoms in total. The van der Waals surface area contributed by atoms with Gasteiger partial charge >= 0.3 is 6.09 Å². The number of imidazole rings is 1. The van der Waals surface area contributed by atoms with Gasteiger partial charge in [0.15, 0.2) is 17.0 Å². The van der Waals surface area contributed by atoms with Gasteiger partial charge in [0.25, 0.3) is 0 Å². The number of carbonyl (C=O) groups excluding carboxylic acids is 1. The first kappa shape index (κ1) is 24.0. The van der Waals surface area contributed by atoms with Crippen molar-refractivity contribution >= 4 is 34.7 Å². The van der Waals surface area contributed by atoms with E-state index in [0.717, 1.165) is 25.1 Å². The van der Waals surface area contributed by atoms with Gasteiger partial charge in [-0.25, -0.2) is 9.78 Å². The highest BCUT2D eigenvalue weighted by atomic mass is 35.5. The van der Waals surface area contributed by atoms with Crippen LogP contribution in [0.1, 0.15) is 52.1 Å². The van der Waals surface area contributed by atoms with Crippen molar-refractivity contribution in [2.24, 2.45) is 0 Å². The zero-order valence-electron chi connectivity index (χ0n) is 19.8. The van der Waals surface area contributed by atoms with Gasteiger partial charge in [0.2, 0.25) is 5.28 Å². The monoisotopic (exact) mass is 480 g/mol. The number of rotatable bonds is 5. The van der Waals surface area contributed by atoms with Crippen LogP contribution in [-0.4, -0.2) is 82.6 Å². The van der Waals surface area contributed by atoms with Crippen molar-refractivity contribution in [1.29, 1.82) is 0 Å². The van der Waals surface area contributed by atoms with Gasteiger partial charge in [-0.2, -0.15) is 9.97 Å². The summed E-state index contributed by atoms with van der Waals surface area (Å²) in [5.74, 6) is 1.50. The van der Waals surface area contributed by atoms with Crippen LogP contribution in [0.3, 0.4) is 0 Å². The fourth-order valence-corrected chi connectivity index (χ4v) is 4.24. The molecule has 0 radical (unpaired) electrons. The van der Waals surface area contributed by atoms with Crippen molar-refractivity contribution in [3.8, 4) is 0 Å². The van der Waals surface area contributed by atoms with Crippen LogP contribution in [0.4, 0.5) is 10.6 Å². The van der Waals surface area contributed by atoms with Gasteiger partial charge in [-0.15, -0.1) is 0 Å². The lowest BCUT2D eigenvalue weighted by atomic mass is 10.2. The van der Waals surface area contributed by atoms with Crippen molar-refractivity contribution in [2.45, 2.75) is 58.3 Å². The Hall–Kier alpha value is -2.17. The molecule has 2 aliphatic heterocycles. The number of halogens is 1. The van der Waals surface area contributed by atoms with E-state index in [1.165, 1.54) is 0 Å². The Labute approximate surface area is 199 Å². The lowest BCUT2D eigenvalue weighted by Gasteiger charge is -2.28. The number of anilines is 1. The molecule has 2 fully saturated rings. The second-order valence-corrected chi connectivity index (χ2v) is 9.80. The molecule has 11 heteroatoms. The molecule has 4 rings (SSSR count). The molecule has 0 saturated carbocycles. The molecular weight excluding hydrogens is 448 g/mol. The fourth-order valence-electron chi connectivity index (χ4n) is 4.08. The third-order valence-corrected chi connectivity index (χ3v) is 5.87. The summed E-state index contributed by atoms with van der Waals surface area (Å²) >= 11 is 6.36. The lowest BCUT2D eigenvalue weighted by Crippen LogP contribution is -2.37. The van der Waals surface area contributed by atoms with Crippen molar-refractivity contribution in [2.75, 3.05) is 51.4 Å². The van der Waals surface area contributed by atoms with E-state index in [4.69, 9.17) is 30.8 Å². The number of aromatic nitrogens is 4. The van der Waals surface area contributed by atoms with E-state index in [1.807, 2.05) is 25.3 Å². The van der Waals surface area contributed by atoms with Crippen LogP contribution in [0.5, 0.6) is 0 Å². The van der Waals surface area contributed by atoms with Crippen LogP contribution in [-0.2, 0) is 20.6 Å². The predicted octanol–water partition coefficient (Wildman–Crippen LogP) is 3.42. The zero-order valence-corrected chi connectivity index (χ0v) is 20.6. The van der Waals surface area contributed by atoms with Gasteiger partial charge in [-0.05, 0) is 51.6 Å². The molecule has 0 aromatic carbocycles. The summed E-state index contributed by atoms with van der Waals surface area (Å²) in [6.45, 7) is 9.39. The summed E-state index contributed by atoms with van der Waals surface area (Å²) < 4.78 is 19.1. The molecule has 2 aliphatic rings. The third kappa shape index (κ3) is 5.67. The zero-order chi connectivity index (χ0) is 23.6. The molecule has 4 heterocycles. The maximum atomic E-state index is 12.4. The summed E-state index contributed by atoms with van der Waals surface area (Å²) in [7, 11) is 1.73. The molecule has 2 aromatic rings. The molecule has 1 unspecified atom stereocenters. The van der Waals surface area contributed by atoms with E-state index in [-0.39, 0.29) is 17.6 Å². The number of likely N-dealkylation sites (N-methyl/N-ethyl adjacent to an activating group) is 1. The largest absolute Gasteiger partial charge is 0.444 e. The number of fused-ring (bicyclic) bond motifs is 1. The Morgan fingerprint density at radius 1 is 1.18 bits per heavy atom. The number of amides is 1. The molecule has 0 bridgehead atoms. The Balaban J connectivity index is 1.67. The Bertz CT molecular complexity index is 979. The van der Waals surface area contributed by atoms with Crippen molar-refractivity contribution < 1.29 is 19.0 Å². The van der Waals surface area contributed by atoms with Crippen molar-refractivity contribution in [3.63, 3.8) is 0 Å². The molecule has 33 heavy (non-hydrogen) atoms. The van der Waals surface area contributed by atoms with E-state index in [0.29, 0.717) is 62.9 Å². The normalized spacial score (nSPS) is 19.7. The first-order valence-electron chi connectivity index (χ1n) is 11.6. The molecular formula is C22H33ClN6O4. The second kappa shape index (κ2) is 9.99. The standard InChI is InChI=1S/C22H33ClN6O4/c1-22(2,3)33-21(30)27(4)9-8-15-24-17-18(28-10-13-31-14-11-28)25-20(23)26-19(17)29(15)16-7-5-6-12-32-16/h16H,5-14H2,1-4H3. The maximum Gasteiger partial charge on any atom is 0.410 e. The van der Waals surface area contributed by atoms with Gasteiger partial charge in [-0.1, -0.05) is 0 Å². The Morgan fingerprint density at radius 2 is 1.94 bits per heavy atom. The average Bonchev–Trinajstić information content (AvgIpc) is 3.15. The first-order valence-corrected chi connectivity index (χ1v) is 11.9. The summed E-state index contributed by atoms with van der Waals surface area (Å²) in [6.07, 6.45) is 2.96. The molecule has 0 N–H and O–H groups in total. The van der Waals surface area contributed by atoms with Crippen LogP contribution >= 0.6 is 11.6 Å². The van der Waals surface area contributed by atoms with Crippen molar-refractivity contribution in [1.82, 2.24) is 24.4 Å². The van der Waals surface area contributed by atoms with Gasteiger partial charge in [0.05, 0.1) is 13.2 Å². The third-order valence-electron chi connectivity index (χ3n) is 5.70. The quantitative estimate of drug-likeness (QED) is 0.601. The molecule has 2 aromatic heterocycles. The number of ether oxygens (including phenoxy) is 3. The van der Waals surface area contributed by atoms with Crippen LogP contribution in [0.2, 0.25) is 5.28 Å². The van der Waals surface area contributed by atoms with E-state index >= 15 is 0 Å². The van der Waals surface area contributed by atoms with E-state index in [2.05, 4.69) is 14.9 Å². The van der Waals surface area contributed by atoms with Gasteiger partial charge in [0, 0.05) is 39.7 Å². The molecule has 2 saturated heterocycles. The van der Waals surface area contributed by atoms with Gasteiger partial charge in [0.1, 0.15) is 17.7 Å². The number of morpholine rings is 1. The summed E-state index contributed by atoms with van der Waals surface area (Å²) in [4.78, 5) is 30.1. The van der Waals surface area contributed by atoms with Gasteiger partial charge in [-0.3, -0.25) is 4.57 Å². The van der Waals surface area contributed by atoms with Crippen molar-refractivity contribution in [3.05, 3.63) is 11.1 Å². The Kier molecular flexibility index (Phi) is 7.25. The lowest BCUT2D eigenvalue weighted by molar-refractivity contribution is -0.0314. The topological polar surface area (TPSA) is 94.8 Å². The number of hydrogen-bond donors (Lipinski definition) is 0. The van der Waals surface area contributed by atoms with Crippen LogP contribution in [0.25, 0.3) is 11.2 Å². The highest BCUT2D eigenvalue weighted by Gasteiger charge is 2.28. The highest BCUT2D eigenvalue weighted by molar-refractivity contribution is 6.28. The minimum Gasteiger partial charge on any atom is -0.444 e. The smallest absolute Gasteiger partial charge is 0.410 e. The van der Waals surface area contributed by atoms with Crippen LogP contribution in [0.15, 0.2) is 0 Å². The van der Waals surface area contributed by atoms with Crippen LogP contribution in [0, 0.1) is 0 Å². The molecule has 182 valence electrons. The first-order chi connectivity index (χ1) is 15.7. The molecule has 1 atom stereocenters. The summed E-state index contributed by atoms with van der Waals surface area (Å²) in [5, 5.41) is 0.179. The minimum atomic E-state index is -0.548. The van der Waals surface area contributed by atoms with E-state index in [9.17, 15) is 4.79 Å². The minimum absolute atomic E-state index is 0.172. The second-order valence-electron chi connectivity index (χ2n) is 9.46. The Morgan fingerprint density at radius 3 is 2.61 bits per heavy atom. The highest BCUT2D eigenvalue weighted by Crippen LogP contribution is 2.32. The van der Waals surface area contributed by atoms with E-state index < -0.39 is 5.60 Å². The fraction of sp³-hybridized carbons (Fsp3) is 0.727. The SMILES string of the molecule is CN(CCc1nc2c(N3CCOCC3)nc(Cl)nc2n1C1CCCCO1)C(=O)OC(C)(C)C. The maximum absolute atomic E-state index is 12.4. The summed E-state index contributed by atoms with van der Waals surface area (Å²) in [5.41, 5.74) is 0.817. The number of nitrogens with zero attached hydrogens (tertiary/aromatic N) is 6. The average molecular weight is 481 g/mol. The number of hydrogen-bond acceptors (Lipinski definition) is 8. The van der Waals surface area contributed by atoms with E-state index in [1.54, 1.807) is 11.9 Å². The summed E-state index contributed by atoms with van der Waals surface area (Å²) in [6, 6.07) is 0. The predicted molar refractivity (Wildman–Crippen MR) is 125 cm³/mol. The number of carbonyl (C=O) groups is 1. The van der Waals surface area contributed by atoms with Gasteiger partial charge < -0.3 is 24.0 Å². The molecule has 0 aliphatic carbocycles. The molecule has 1 amide bonds. The van der Waals surface area contributed by atoms with Crippen LogP contribution < -0.4 is 4.90 Å². The molecule has 0 spiro atoms.